The van der Waals surface area contributed by atoms with Crippen molar-refractivity contribution < 1.29 is 9.84 Å². The largest absolute Gasteiger partial charge is 0.494 e. The summed E-state index contributed by atoms with van der Waals surface area (Å²) in [6.45, 7) is 2.53. The van der Waals surface area contributed by atoms with Gasteiger partial charge in [0.15, 0.2) is 0 Å². The van der Waals surface area contributed by atoms with E-state index < -0.39 is 0 Å². The number of benzene rings is 1. The normalized spacial score (nSPS) is 14.6. The van der Waals surface area contributed by atoms with Gasteiger partial charge < -0.3 is 9.84 Å². The minimum Gasteiger partial charge on any atom is -0.494 e. The second kappa shape index (κ2) is 5.46. The van der Waals surface area contributed by atoms with E-state index in [-0.39, 0.29) is 6.61 Å². The topological polar surface area (TPSA) is 47.3 Å². The Hall–Kier alpha value is -1.52. The first-order valence-electron chi connectivity index (χ1n) is 6.86. The highest BCUT2D eigenvalue weighted by atomic mass is 35.5. The minimum absolute atomic E-state index is 0.0678. The molecule has 2 aromatic rings. The molecule has 3 rings (SSSR count). The van der Waals surface area contributed by atoms with E-state index in [0.717, 1.165) is 35.5 Å². The number of aromatic nitrogens is 2. The Kier molecular flexibility index (Phi) is 3.68. The highest BCUT2D eigenvalue weighted by Crippen LogP contribution is 2.43. The van der Waals surface area contributed by atoms with Gasteiger partial charge in [-0.1, -0.05) is 11.6 Å². The zero-order valence-corrected chi connectivity index (χ0v) is 12.1. The van der Waals surface area contributed by atoms with Crippen molar-refractivity contribution in [3.05, 3.63) is 40.7 Å². The average Bonchev–Trinajstić information content (AvgIpc) is 3.24. The van der Waals surface area contributed by atoms with Gasteiger partial charge in [-0.2, -0.15) is 5.10 Å². The third-order valence-corrected chi connectivity index (χ3v) is 3.85. The maximum Gasteiger partial charge on any atom is 0.138 e. The zero-order chi connectivity index (χ0) is 14.1. The van der Waals surface area contributed by atoms with Gasteiger partial charge in [-0.3, -0.25) is 0 Å². The Morgan fingerprint density at radius 1 is 1.35 bits per heavy atom. The maximum atomic E-state index is 9.49. The second-order valence-electron chi connectivity index (χ2n) is 4.93. The van der Waals surface area contributed by atoms with Crippen LogP contribution in [0.2, 0.25) is 5.15 Å². The third kappa shape index (κ3) is 2.41. The minimum atomic E-state index is -0.0678. The van der Waals surface area contributed by atoms with Crippen molar-refractivity contribution in [3.8, 4) is 11.4 Å². The molecule has 0 aliphatic heterocycles. The summed E-state index contributed by atoms with van der Waals surface area (Å²) in [6.07, 6.45) is 2.26. The van der Waals surface area contributed by atoms with Crippen LogP contribution in [0, 0.1) is 0 Å². The lowest BCUT2D eigenvalue weighted by Gasteiger charge is -2.06. The molecule has 0 bridgehead atoms. The fourth-order valence-electron chi connectivity index (χ4n) is 2.30. The van der Waals surface area contributed by atoms with Crippen LogP contribution < -0.4 is 4.74 Å². The molecule has 0 unspecified atom stereocenters. The number of aliphatic hydroxyl groups is 1. The maximum absolute atomic E-state index is 9.49. The summed E-state index contributed by atoms with van der Waals surface area (Å²) in [5, 5.41) is 14.6. The lowest BCUT2D eigenvalue weighted by atomic mass is 10.2. The van der Waals surface area contributed by atoms with Crippen LogP contribution >= 0.6 is 11.6 Å². The van der Waals surface area contributed by atoms with Crippen LogP contribution in [0.15, 0.2) is 24.3 Å². The predicted molar refractivity (Wildman–Crippen MR) is 77.6 cm³/mol. The number of ether oxygens (including phenoxy) is 1. The first kappa shape index (κ1) is 13.5. The molecule has 5 heteroatoms. The van der Waals surface area contributed by atoms with E-state index in [1.54, 1.807) is 4.68 Å². The number of aliphatic hydroxyl groups excluding tert-OH is 1. The van der Waals surface area contributed by atoms with E-state index >= 15 is 0 Å². The summed E-state index contributed by atoms with van der Waals surface area (Å²) in [6, 6.07) is 7.63. The Balaban J connectivity index is 1.96. The van der Waals surface area contributed by atoms with Crippen LogP contribution in [-0.4, -0.2) is 21.5 Å². The highest BCUT2D eigenvalue weighted by Gasteiger charge is 2.31. The van der Waals surface area contributed by atoms with Gasteiger partial charge >= 0.3 is 0 Å². The van der Waals surface area contributed by atoms with Crippen LogP contribution in [0.5, 0.6) is 5.75 Å². The molecular weight excluding hydrogens is 276 g/mol. The molecule has 20 heavy (non-hydrogen) atoms. The molecular formula is C15H17ClN2O2. The number of hydrogen-bond donors (Lipinski definition) is 1. The van der Waals surface area contributed by atoms with E-state index in [1.807, 2.05) is 31.2 Å². The standard InChI is InChI=1S/C15H17ClN2O2/c1-2-20-12-7-5-11(6-8-12)18-15(16)13(9-19)14(17-18)10-3-4-10/h5-8,10,19H,2-4,9H2,1H3. The van der Waals surface area contributed by atoms with Crippen molar-refractivity contribution in [2.45, 2.75) is 32.3 Å². The van der Waals surface area contributed by atoms with Crippen LogP contribution in [0.25, 0.3) is 5.69 Å². The lowest BCUT2D eigenvalue weighted by molar-refractivity contribution is 0.280. The van der Waals surface area contributed by atoms with Crippen LogP contribution in [-0.2, 0) is 6.61 Å². The van der Waals surface area contributed by atoms with Gasteiger partial charge in [-0.25, -0.2) is 4.68 Å². The smallest absolute Gasteiger partial charge is 0.138 e. The summed E-state index contributed by atoms with van der Waals surface area (Å²) < 4.78 is 7.11. The molecule has 1 fully saturated rings. The van der Waals surface area contributed by atoms with E-state index in [2.05, 4.69) is 5.10 Å². The number of hydrogen-bond acceptors (Lipinski definition) is 3. The van der Waals surface area contributed by atoms with E-state index in [9.17, 15) is 5.11 Å². The molecule has 1 aliphatic carbocycles. The van der Waals surface area contributed by atoms with Crippen molar-refractivity contribution in [3.63, 3.8) is 0 Å². The van der Waals surface area contributed by atoms with E-state index in [4.69, 9.17) is 16.3 Å². The summed E-state index contributed by atoms with van der Waals surface area (Å²) in [5.41, 5.74) is 2.56. The predicted octanol–water partition coefficient (Wildman–Crippen LogP) is 3.29. The fraction of sp³-hybridized carbons (Fsp3) is 0.400. The quantitative estimate of drug-likeness (QED) is 0.920. The monoisotopic (exact) mass is 292 g/mol. The van der Waals surface area contributed by atoms with Crippen molar-refractivity contribution in [2.75, 3.05) is 6.61 Å². The van der Waals surface area contributed by atoms with Crippen LogP contribution in [0.1, 0.15) is 36.9 Å². The van der Waals surface area contributed by atoms with Gasteiger partial charge in [0.05, 0.1) is 24.6 Å². The van der Waals surface area contributed by atoms with Gasteiger partial charge in [0.1, 0.15) is 10.9 Å². The molecule has 1 saturated carbocycles. The Bertz CT molecular complexity index is 603. The van der Waals surface area contributed by atoms with Crippen molar-refractivity contribution in [1.82, 2.24) is 9.78 Å². The highest BCUT2D eigenvalue weighted by molar-refractivity contribution is 6.30. The van der Waals surface area contributed by atoms with Crippen molar-refractivity contribution in [1.29, 1.82) is 0 Å². The third-order valence-electron chi connectivity index (χ3n) is 3.47. The first-order valence-corrected chi connectivity index (χ1v) is 7.23. The Morgan fingerprint density at radius 3 is 2.60 bits per heavy atom. The number of rotatable bonds is 5. The first-order chi connectivity index (χ1) is 9.74. The van der Waals surface area contributed by atoms with Gasteiger partial charge in [-0.15, -0.1) is 0 Å². The lowest BCUT2D eigenvalue weighted by Crippen LogP contribution is -1.98. The molecule has 0 radical (unpaired) electrons. The molecule has 0 amide bonds. The second-order valence-corrected chi connectivity index (χ2v) is 5.28. The molecule has 1 aromatic heterocycles. The van der Waals surface area contributed by atoms with E-state index in [0.29, 0.717) is 17.7 Å². The molecule has 106 valence electrons. The van der Waals surface area contributed by atoms with Gasteiger partial charge in [0.2, 0.25) is 0 Å². The Morgan fingerprint density at radius 2 is 2.05 bits per heavy atom. The van der Waals surface area contributed by atoms with Crippen molar-refractivity contribution >= 4 is 11.6 Å². The molecule has 1 aromatic carbocycles. The molecule has 0 atom stereocenters. The summed E-state index contributed by atoms with van der Waals surface area (Å²) in [4.78, 5) is 0. The molecule has 0 spiro atoms. The fourth-order valence-corrected chi connectivity index (χ4v) is 2.59. The van der Waals surface area contributed by atoms with Crippen molar-refractivity contribution in [2.24, 2.45) is 0 Å². The number of halogens is 1. The summed E-state index contributed by atoms with van der Waals surface area (Å²) >= 11 is 6.35. The average molecular weight is 293 g/mol. The zero-order valence-electron chi connectivity index (χ0n) is 11.3. The molecule has 1 N–H and O–H groups in total. The van der Waals surface area contributed by atoms with Crippen LogP contribution in [0.3, 0.4) is 0 Å². The molecule has 4 nitrogen and oxygen atoms in total. The Labute approximate surface area is 122 Å². The SMILES string of the molecule is CCOc1ccc(-n2nc(C3CC3)c(CO)c2Cl)cc1. The van der Waals surface area contributed by atoms with E-state index in [1.165, 1.54) is 0 Å². The molecule has 1 heterocycles. The van der Waals surface area contributed by atoms with Gasteiger partial charge in [-0.05, 0) is 44.0 Å². The molecule has 0 saturated heterocycles. The van der Waals surface area contributed by atoms with Gasteiger partial charge in [0.25, 0.3) is 0 Å². The molecule has 1 aliphatic rings. The summed E-state index contributed by atoms with van der Waals surface area (Å²) in [7, 11) is 0. The van der Waals surface area contributed by atoms with Gasteiger partial charge in [0, 0.05) is 11.5 Å². The van der Waals surface area contributed by atoms with Crippen LogP contribution in [0.4, 0.5) is 0 Å². The number of nitrogens with zero attached hydrogens (tertiary/aromatic N) is 2. The summed E-state index contributed by atoms with van der Waals surface area (Å²) in [5.74, 6) is 1.28.